The van der Waals surface area contributed by atoms with Gasteiger partial charge in [-0.1, -0.05) is 12.1 Å². The van der Waals surface area contributed by atoms with Crippen LogP contribution in [-0.4, -0.2) is 22.4 Å². The molecular weight excluding hydrogens is 240 g/mol. The van der Waals surface area contributed by atoms with Crippen LogP contribution in [0.3, 0.4) is 0 Å². The number of ketones is 1. The van der Waals surface area contributed by atoms with Gasteiger partial charge >= 0.3 is 0 Å². The molecule has 1 heterocycles. The van der Waals surface area contributed by atoms with Crippen LogP contribution in [0.2, 0.25) is 0 Å². The van der Waals surface area contributed by atoms with Crippen LogP contribution in [0, 0.1) is 0 Å². The van der Waals surface area contributed by atoms with Crippen LogP contribution in [0.1, 0.15) is 35.8 Å². The minimum atomic E-state index is 0.0599. The topological polar surface area (TPSA) is 55.0 Å². The number of hydrogen-bond donors (Lipinski definition) is 1. The summed E-state index contributed by atoms with van der Waals surface area (Å²) in [4.78, 5) is 18.3. The SMILES string of the molecule is CC(=O)c1cccc(OCCCCc2cnc[nH]2)c1. The number of nitrogens with zero attached hydrogens (tertiary/aromatic N) is 1. The van der Waals surface area contributed by atoms with E-state index in [9.17, 15) is 4.79 Å². The van der Waals surface area contributed by atoms with Crippen molar-refractivity contribution in [2.24, 2.45) is 0 Å². The van der Waals surface area contributed by atoms with Crippen molar-refractivity contribution >= 4 is 5.78 Å². The van der Waals surface area contributed by atoms with E-state index in [0.717, 1.165) is 30.7 Å². The highest BCUT2D eigenvalue weighted by molar-refractivity contribution is 5.94. The van der Waals surface area contributed by atoms with E-state index in [2.05, 4.69) is 9.97 Å². The third kappa shape index (κ3) is 4.25. The van der Waals surface area contributed by atoms with Crippen LogP contribution < -0.4 is 4.74 Å². The molecule has 0 atom stereocenters. The Balaban J connectivity index is 1.70. The molecule has 0 saturated carbocycles. The summed E-state index contributed by atoms with van der Waals surface area (Å²) < 4.78 is 5.64. The highest BCUT2D eigenvalue weighted by Gasteiger charge is 2.01. The Hall–Kier alpha value is -2.10. The van der Waals surface area contributed by atoms with Gasteiger partial charge in [0.1, 0.15) is 5.75 Å². The van der Waals surface area contributed by atoms with Gasteiger partial charge in [0, 0.05) is 17.5 Å². The van der Waals surface area contributed by atoms with Gasteiger partial charge in [-0.25, -0.2) is 4.98 Å². The second kappa shape index (κ2) is 6.73. The number of benzene rings is 1. The molecule has 0 radical (unpaired) electrons. The van der Waals surface area contributed by atoms with Crippen LogP contribution >= 0.6 is 0 Å². The van der Waals surface area contributed by atoms with Gasteiger partial charge in [-0.2, -0.15) is 0 Å². The number of aromatic nitrogens is 2. The Morgan fingerprint density at radius 1 is 1.37 bits per heavy atom. The van der Waals surface area contributed by atoms with E-state index in [4.69, 9.17) is 4.74 Å². The molecular formula is C15H18N2O2. The van der Waals surface area contributed by atoms with Crippen LogP contribution in [0.4, 0.5) is 0 Å². The largest absolute Gasteiger partial charge is 0.494 e. The third-order valence-corrected chi connectivity index (χ3v) is 2.90. The Morgan fingerprint density at radius 3 is 3.00 bits per heavy atom. The second-order valence-electron chi connectivity index (χ2n) is 4.47. The molecule has 0 unspecified atom stereocenters. The fraction of sp³-hybridized carbons (Fsp3) is 0.333. The van der Waals surface area contributed by atoms with E-state index in [-0.39, 0.29) is 5.78 Å². The summed E-state index contributed by atoms with van der Waals surface area (Å²) in [5.41, 5.74) is 1.84. The predicted octanol–water partition coefficient (Wildman–Crippen LogP) is 3.01. The number of rotatable bonds is 7. The number of H-pyrrole nitrogens is 1. The summed E-state index contributed by atoms with van der Waals surface area (Å²) in [6.45, 7) is 2.22. The Kier molecular flexibility index (Phi) is 4.72. The molecule has 0 aliphatic rings. The summed E-state index contributed by atoms with van der Waals surface area (Å²) in [5, 5.41) is 0. The normalized spacial score (nSPS) is 10.4. The molecule has 1 N–H and O–H groups in total. The first kappa shape index (κ1) is 13.3. The van der Waals surface area contributed by atoms with E-state index in [1.54, 1.807) is 25.4 Å². The summed E-state index contributed by atoms with van der Waals surface area (Å²) in [7, 11) is 0. The summed E-state index contributed by atoms with van der Waals surface area (Å²) in [5.74, 6) is 0.818. The fourth-order valence-corrected chi connectivity index (χ4v) is 1.83. The van der Waals surface area contributed by atoms with Gasteiger partial charge in [0.25, 0.3) is 0 Å². The van der Waals surface area contributed by atoms with Gasteiger partial charge in [0.2, 0.25) is 0 Å². The number of hydrogen-bond acceptors (Lipinski definition) is 3. The second-order valence-corrected chi connectivity index (χ2v) is 4.47. The number of carbonyl (C=O) groups excluding carboxylic acids is 1. The standard InChI is InChI=1S/C15H18N2O2/c1-12(18)13-5-4-7-15(9-13)19-8-3-2-6-14-10-16-11-17-14/h4-5,7,9-11H,2-3,6,8H2,1H3,(H,16,17). The number of carbonyl (C=O) groups is 1. The monoisotopic (exact) mass is 258 g/mol. The Morgan fingerprint density at radius 2 is 2.26 bits per heavy atom. The van der Waals surface area contributed by atoms with Gasteiger partial charge < -0.3 is 9.72 Å². The maximum absolute atomic E-state index is 11.2. The van der Waals surface area contributed by atoms with Crippen molar-refractivity contribution in [1.29, 1.82) is 0 Å². The molecule has 0 saturated heterocycles. The smallest absolute Gasteiger partial charge is 0.159 e. The summed E-state index contributed by atoms with van der Waals surface area (Å²) >= 11 is 0. The number of imidazole rings is 1. The van der Waals surface area contributed by atoms with Crippen molar-refractivity contribution in [3.8, 4) is 5.75 Å². The van der Waals surface area contributed by atoms with Crippen molar-refractivity contribution in [3.63, 3.8) is 0 Å². The third-order valence-electron chi connectivity index (χ3n) is 2.90. The molecule has 0 fully saturated rings. The zero-order valence-electron chi connectivity index (χ0n) is 11.1. The van der Waals surface area contributed by atoms with Gasteiger partial charge in [0.05, 0.1) is 12.9 Å². The van der Waals surface area contributed by atoms with Gasteiger partial charge in [0.15, 0.2) is 5.78 Å². The lowest BCUT2D eigenvalue weighted by molar-refractivity contribution is 0.101. The first-order chi connectivity index (χ1) is 9.25. The molecule has 2 aromatic rings. The van der Waals surface area contributed by atoms with E-state index in [1.807, 2.05) is 18.3 Å². The van der Waals surface area contributed by atoms with Crippen LogP contribution in [0.25, 0.3) is 0 Å². The van der Waals surface area contributed by atoms with Crippen molar-refractivity contribution in [2.45, 2.75) is 26.2 Å². The van der Waals surface area contributed by atoms with Crippen LogP contribution in [0.15, 0.2) is 36.8 Å². The van der Waals surface area contributed by atoms with Crippen LogP contribution in [-0.2, 0) is 6.42 Å². The highest BCUT2D eigenvalue weighted by atomic mass is 16.5. The molecule has 1 aromatic heterocycles. The lowest BCUT2D eigenvalue weighted by Gasteiger charge is -2.06. The zero-order chi connectivity index (χ0) is 13.5. The van der Waals surface area contributed by atoms with E-state index < -0.39 is 0 Å². The quantitative estimate of drug-likeness (QED) is 0.613. The molecule has 0 aliphatic heterocycles. The molecule has 1 aromatic carbocycles. The van der Waals surface area contributed by atoms with Gasteiger partial charge in [-0.05, 0) is 38.3 Å². The molecule has 0 bridgehead atoms. The molecule has 0 aliphatic carbocycles. The molecule has 0 amide bonds. The minimum absolute atomic E-state index is 0.0599. The van der Waals surface area contributed by atoms with E-state index in [0.29, 0.717) is 12.2 Å². The number of aryl methyl sites for hydroxylation is 1. The minimum Gasteiger partial charge on any atom is -0.494 e. The zero-order valence-corrected chi connectivity index (χ0v) is 11.1. The Labute approximate surface area is 112 Å². The summed E-state index contributed by atoms with van der Waals surface area (Å²) in [6, 6.07) is 7.31. The number of unbranched alkanes of at least 4 members (excludes halogenated alkanes) is 1. The maximum Gasteiger partial charge on any atom is 0.159 e. The van der Waals surface area contributed by atoms with Crippen molar-refractivity contribution in [2.75, 3.05) is 6.61 Å². The van der Waals surface area contributed by atoms with Gasteiger partial charge in [-0.15, -0.1) is 0 Å². The first-order valence-electron chi connectivity index (χ1n) is 6.47. The lowest BCUT2D eigenvalue weighted by Crippen LogP contribution is -2.00. The molecule has 19 heavy (non-hydrogen) atoms. The Bertz CT molecular complexity index is 521. The molecule has 2 rings (SSSR count). The number of aromatic amines is 1. The highest BCUT2D eigenvalue weighted by Crippen LogP contribution is 2.14. The average Bonchev–Trinajstić information content (AvgIpc) is 2.92. The van der Waals surface area contributed by atoms with Crippen molar-refractivity contribution in [3.05, 3.63) is 48.0 Å². The number of nitrogens with one attached hydrogen (secondary N) is 1. The summed E-state index contributed by atoms with van der Waals surface area (Å²) in [6.07, 6.45) is 6.55. The van der Waals surface area contributed by atoms with E-state index >= 15 is 0 Å². The molecule has 100 valence electrons. The van der Waals surface area contributed by atoms with Crippen LogP contribution in [0.5, 0.6) is 5.75 Å². The lowest BCUT2D eigenvalue weighted by atomic mass is 10.1. The van der Waals surface area contributed by atoms with Crippen molar-refractivity contribution < 1.29 is 9.53 Å². The van der Waals surface area contributed by atoms with E-state index in [1.165, 1.54) is 0 Å². The van der Waals surface area contributed by atoms with Crippen molar-refractivity contribution in [1.82, 2.24) is 9.97 Å². The fourth-order valence-electron chi connectivity index (χ4n) is 1.83. The first-order valence-corrected chi connectivity index (χ1v) is 6.47. The molecule has 0 spiro atoms. The number of Topliss-reactive ketones (excluding diaryl/α,β-unsaturated/α-hetero) is 1. The number of ether oxygens (including phenoxy) is 1. The molecule has 4 heteroatoms. The predicted molar refractivity (Wildman–Crippen MR) is 73.5 cm³/mol. The maximum atomic E-state index is 11.2. The molecule has 4 nitrogen and oxygen atoms in total. The van der Waals surface area contributed by atoms with Gasteiger partial charge in [-0.3, -0.25) is 4.79 Å². The average molecular weight is 258 g/mol.